The van der Waals surface area contributed by atoms with Crippen molar-refractivity contribution in [3.8, 4) is 5.75 Å². The molecule has 2 aromatic rings. The minimum absolute atomic E-state index is 0.396. The van der Waals surface area contributed by atoms with Gasteiger partial charge < -0.3 is 9.84 Å². The van der Waals surface area contributed by atoms with Gasteiger partial charge in [-0.25, -0.2) is 4.79 Å². The molecule has 0 radical (unpaired) electrons. The van der Waals surface area contributed by atoms with Gasteiger partial charge in [0, 0.05) is 23.5 Å². The zero-order chi connectivity index (χ0) is 15.4. The summed E-state index contributed by atoms with van der Waals surface area (Å²) in [5, 5.41) is 9.04. The second-order valence-corrected chi connectivity index (χ2v) is 6.24. The van der Waals surface area contributed by atoms with Gasteiger partial charge in [-0.3, -0.25) is 4.90 Å². The highest BCUT2D eigenvalue weighted by molar-refractivity contribution is 7.14. The Balaban J connectivity index is 2.08. The predicted molar refractivity (Wildman–Crippen MR) is 84.2 cm³/mol. The number of carbonyl (C=O) groups is 1. The molecule has 0 unspecified atom stereocenters. The van der Waals surface area contributed by atoms with Crippen LogP contribution in [0.1, 0.15) is 25.7 Å². The Bertz CT molecular complexity index is 636. The highest BCUT2D eigenvalue weighted by Crippen LogP contribution is 2.24. The van der Waals surface area contributed by atoms with Crippen LogP contribution in [0, 0.1) is 6.92 Å². The Labute approximate surface area is 128 Å². The molecular weight excluding hydrogens is 286 g/mol. The van der Waals surface area contributed by atoms with Crippen molar-refractivity contribution in [2.75, 3.05) is 14.2 Å². The fourth-order valence-corrected chi connectivity index (χ4v) is 3.13. The summed E-state index contributed by atoms with van der Waals surface area (Å²) in [7, 11) is 3.69. The first-order chi connectivity index (χ1) is 10.0. The number of hydrogen-bond donors (Lipinski definition) is 1. The van der Waals surface area contributed by atoms with Crippen LogP contribution < -0.4 is 4.74 Å². The molecule has 4 nitrogen and oxygen atoms in total. The second-order valence-electron chi connectivity index (χ2n) is 4.98. The van der Waals surface area contributed by atoms with E-state index in [2.05, 4.69) is 4.90 Å². The number of rotatable bonds is 6. The van der Waals surface area contributed by atoms with Crippen molar-refractivity contribution >= 4 is 17.3 Å². The highest BCUT2D eigenvalue weighted by Gasteiger charge is 2.13. The van der Waals surface area contributed by atoms with Crippen molar-refractivity contribution in [2.45, 2.75) is 20.0 Å². The number of aromatic carboxylic acids is 1. The van der Waals surface area contributed by atoms with E-state index in [1.165, 1.54) is 11.3 Å². The Kier molecular flexibility index (Phi) is 4.98. The van der Waals surface area contributed by atoms with Crippen LogP contribution in [0.15, 0.2) is 30.3 Å². The molecule has 1 aromatic heterocycles. The molecule has 0 fully saturated rings. The Hall–Kier alpha value is -1.85. The third-order valence-electron chi connectivity index (χ3n) is 3.30. The van der Waals surface area contributed by atoms with Crippen molar-refractivity contribution < 1.29 is 14.6 Å². The van der Waals surface area contributed by atoms with E-state index in [-0.39, 0.29) is 0 Å². The van der Waals surface area contributed by atoms with Crippen LogP contribution in [0.5, 0.6) is 5.75 Å². The van der Waals surface area contributed by atoms with Crippen LogP contribution in [-0.4, -0.2) is 30.1 Å². The van der Waals surface area contributed by atoms with Gasteiger partial charge >= 0.3 is 5.97 Å². The van der Waals surface area contributed by atoms with Crippen molar-refractivity contribution in [1.82, 2.24) is 4.90 Å². The lowest BCUT2D eigenvalue weighted by Gasteiger charge is -2.18. The Morgan fingerprint density at radius 1 is 1.29 bits per heavy atom. The van der Waals surface area contributed by atoms with Gasteiger partial charge in [0.2, 0.25) is 0 Å². The number of hydrogen-bond acceptors (Lipinski definition) is 4. The van der Waals surface area contributed by atoms with Gasteiger partial charge in [-0.05, 0) is 31.7 Å². The van der Waals surface area contributed by atoms with Gasteiger partial charge in [0.25, 0.3) is 0 Å². The molecule has 0 aliphatic carbocycles. The first-order valence-electron chi connectivity index (χ1n) is 6.64. The van der Waals surface area contributed by atoms with Crippen LogP contribution in [0.3, 0.4) is 0 Å². The molecule has 0 atom stereocenters. The summed E-state index contributed by atoms with van der Waals surface area (Å²) in [5.41, 5.74) is 2.18. The van der Waals surface area contributed by atoms with E-state index in [0.29, 0.717) is 11.4 Å². The monoisotopic (exact) mass is 305 g/mol. The van der Waals surface area contributed by atoms with E-state index in [1.807, 2.05) is 38.2 Å². The summed E-state index contributed by atoms with van der Waals surface area (Å²) in [6.45, 7) is 3.43. The lowest BCUT2D eigenvalue weighted by molar-refractivity contribution is 0.0702. The van der Waals surface area contributed by atoms with Crippen molar-refractivity contribution in [1.29, 1.82) is 0 Å². The third-order valence-corrected chi connectivity index (χ3v) is 4.39. The molecular formula is C16H19NO3S. The van der Waals surface area contributed by atoms with Crippen LogP contribution in [0.2, 0.25) is 0 Å². The molecule has 21 heavy (non-hydrogen) atoms. The summed E-state index contributed by atoms with van der Waals surface area (Å²) in [6.07, 6.45) is 0. The molecule has 0 aliphatic rings. The number of nitrogens with zero attached hydrogens (tertiary/aromatic N) is 1. The molecule has 0 spiro atoms. The van der Waals surface area contributed by atoms with Crippen LogP contribution in [-0.2, 0) is 13.1 Å². The molecule has 0 amide bonds. The van der Waals surface area contributed by atoms with Crippen LogP contribution >= 0.6 is 11.3 Å². The van der Waals surface area contributed by atoms with Crippen molar-refractivity contribution in [3.05, 3.63) is 51.2 Å². The lowest BCUT2D eigenvalue weighted by Crippen LogP contribution is -2.17. The quantitative estimate of drug-likeness (QED) is 0.888. The van der Waals surface area contributed by atoms with E-state index in [1.54, 1.807) is 13.2 Å². The topological polar surface area (TPSA) is 49.8 Å². The van der Waals surface area contributed by atoms with Crippen LogP contribution in [0.25, 0.3) is 0 Å². The van der Waals surface area contributed by atoms with Crippen molar-refractivity contribution in [3.63, 3.8) is 0 Å². The average Bonchev–Trinajstić information content (AvgIpc) is 2.81. The maximum atomic E-state index is 11.0. The number of thiophene rings is 1. The Morgan fingerprint density at radius 3 is 2.57 bits per heavy atom. The lowest BCUT2D eigenvalue weighted by atomic mass is 10.1. The molecule has 5 heteroatoms. The fourth-order valence-electron chi connectivity index (χ4n) is 2.25. The number of carboxylic acid groups (broad SMARTS) is 1. The predicted octanol–water partition coefficient (Wildman–Crippen LogP) is 3.40. The summed E-state index contributed by atoms with van der Waals surface area (Å²) in [5.74, 6) is 0.0133. The molecule has 1 heterocycles. The van der Waals surface area contributed by atoms with E-state index < -0.39 is 5.97 Å². The normalized spacial score (nSPS) is 10.9. The second kappa shape index (κ2) is 6.74. The minimum Gasteiger partial charge on any atom is -0.496 e. The van der Waals surface area contributed by atoms with Gasteiger partial charge in [0.15, 0.2) is 0 Å². The molecule has 0 bridgehead atoms. The maximum absolute atomic E-state index is 11.0. The molecule has 1 N–H and O–H groups in total. The number of benzene rings is 1. The van der Waals surface area contributed by atoms with E-state index >= 15 is 0 Å². The zero-order valence-electron chi connectivity index (χ0n) is 12.4. The first kappa shape index (κ1) is 15.5. The van der Waals surface area contributed by atoms with Gasteiger partial charge in [0.1, 0.15) is 10.6 Å². The Morgan fingerprint density at radius 2 is 1.95 bits per heavy atom. The number of methoxy groups -OCH3 is 1. The number of aryl methyl sites for hydroxylation is 1. The summed E-state index contributed by atoms with van der Waals surface area (Å²) >= 11 is 1.33. The van der Waals surface area contributed by atoms with Gasteiger partial charge in [-0.2, -0.15) is 0 Å². The highest BCUT2D eigenvalue weighted by atomic mass is 32.1. The number of para-hydroxylation sites is 1. The summed E-state index contributed by atoms with van der Waals surface area (Å²) < 4.78 is 5.35. The van der Waals surface area contributed by atoms with E-state index in [9.17, 15) is 4.79 Å². The smallest absolute Gasteiger partial charge is 0.345 e. The SMILES string of the molecule is COc1ccccc1CN(C)Cc1cc(C(=O)O)sc1C. The summed E-state index contributed by atoms with van der Waals surface area (Å²) in [4.78, 5) is 14.6. The molecule has 112 valence electrons. The molecule has 2 rings (SSSR count). The summed E-state index contributed by atoms with van der Waals surface area (Å²) in [6, 6.07) is 9.69. The molecule has 0 saturated heterocycles. The molecule has 0 aliphatic heterocycles. The molecule has 0 saturated carbocycles. The minimum atomic E-state index is -0.860. The van der Waals surface area contributed by atoms with Crippen LogP contribution in [0.4, 0.5) is 0 Å². The zero-order valence-corrected chi connectivity index (χ0v) is 13.2. The van der Waals surface area contributed by atoms with Gasteiger partial charge in [-0.15, -0.1) is 11.3 Å². The van der Waals surface area contributed by atoms with E-state index in [4.69, 9.17) is 9.84 Å². The van der Waals surface area contributed by atoms with Gasteiger partial charge in [0.05, 0.1) is 7.11 Å². The number of ether oxygens (including phenoxy) is 1. The van der Waals surface area contributed by atoms with Crippen molar-refractivity contribution in [2.24, 2.45) is 0 Å². The van der Waals surface area contributed by atoms with Gasteiger partial charge in [-0.1, -0.05) is 18.2 Å². The van der Waals surface area contributed by atoms with E-state index in [0.717, 1.165) is 28.3 Å². The number of carboxylic acids is 1. The largest absolute Gasteiger partial charge is 0.496 e. The maximum Gasteiger partial charge on any atom is 0.345 e. The first-order valence-corrected chi connectivity index (χ1v) is 7.46. The standard InChI is InChI=1S/C16H19NO3S/c1-11-13(8-15(21-11)16(18)19)10-17(2)9-12-6-4-5-7-14(12)20-3/h4-8H,9-10H2,1-3H3,(H,18,19). The third kappa shape index (κ3) is 3.83. The fraction of sp³-hybridized carbons (Fsp3) is 0.312. The average molecular weight is 305 g/mol. The molecule has 1 aromatic carbocycles.